The summed E-state index contributed by atoms with van der Waals surface area (Å²) in [5.74, 6) is 1.79. The van der Waals surface area contributed by atoms with E-state index < -0.39 is 0 Å². The maximum Gasteiger partial charge on any atom is 0.0198 e. The third-order valence-corrected chi connectivity index (χ3v) is 11.1. The molecule has 2 aromatic carbocycles. The lowest BCUT2D eigenvalue weighted by Gasteiger charge is -2.38. The maximum atomic E-state index is 2.49. The van der Waals surface area contributed by atoms with Gasteiger partial charge in [0.25, 0.3) is 0 Å². The Morgan fingerprint density at radius 3 is 1.91 bits per heavy atom. The van der Waals surface area contributed by atoms with Crippen molar-refractivity contribution in [3.05, 3.63) is 59.7 Å². The van der Waals surface area contributed by atoms with Crippen LogP contribution in [0.3, 0.4) is 0 Å². The van der Waals surface area contributed by atoms with Gasteiger partial charge in [-0.1, -0.05) is 119 Å². The van der Waals surface area contributed by atoms with Crippen LogP contribution >= 0.6 is 0 Å². The van der Waals surface area contributed by atoms with Gasteiger partial charge in [-0.25, -0.2) is 0 Å². The minimum absolute atomic E-state index is 0.236. The molecule has 186 valence electrons. The van der Waals surface area contributed by atoms with E-state index in [-0.39, 0.29) is 9.52 Å². The SMILES string of the molecule is CCCCCC1(c2ccc(-c3ccc([C@H]4CC[C@H](CCCCC)CC4)cc3)cc2)CC[SiH2]CC1. The summed E-state index contributed by atoms with van der Waals surface area (Å²) in [5, 5.41) is 0. The second-order valence-electron chi connectivity index (χ2n) is 11.7. The predicted octanol–water partition coefficient (Wildman–Crippen LogP) is 9.82. The van der Waals surface area contributed by atoms with Crippen molar-refractivity contribution in [3.63, 3.8) is 0 Å². The summed E-state index contributed by atoms with van der Waals surface area (Å²) in [6.07, 6.45) is 19.8. The lowest BCUT2D eigenvalue weighted by molar-refractivity contribution is 0.303. The zero-order valence-corrected chi connectivity index (χ0v) is 23.7. The number of benzene rings is 2. The molecule has 34 heavy (non-hydrogen) atoms. The molecule has 0 bridgehead atoms. The molecule has 0 unspecified atom stereocenters. The van der Waals surface area contributed by atoms with E-state index in [1.165, 1.54) is 101 Å². The molecular weight excluding hydrogens is 424 g/mol. The molecular formula is C33H50Si. The summed E-state index contributed by atoms with van der Waals surface area (Å²) in [6.45, 7) is 4.65. The zero-order valence-electron chi connectivity index (χ0n) is 22.3. The Labute approximate surface area is 213 Å². The van der Waals surface area contributed by atoms with Gasteiger partial charge in [0, 0.05) is 9.52 Å². The first-order valence-electron chi connectivity index (χ1n) is 14.9. The Morgan fingerprint density at radius 1 is 0.706 bits per heavy atom. The highest BCUT2D eigenvalue weighted by molar-refractivity contribution is 6.35. The van der Waals surface area contributed by atoms with Gasteiger partial charge in [-0.15, -0.1) is 0 Å². The van der Waals surface area contributed by atoms with Crippen molar-refractivity contribution < 1.29 is 0 Å². The van der Waals surface area contributed by atoms with Crippen molar-refractivity contribution >= 4 is 9.52 Å². The van der Waals surface area contributed by atoms with Crippen LogP contribution in [0.5, 0.6) is 0 Å². The fraction of sp³-hybridized carbons (Fsp3) is 0.636. The van der Waals surface area contributed by atoms with Crippen LogP contribution in [0, 0.1) is 5.92 Å². The highest BCUT2D eigenvalue weighted by Crippen LogP contribution is 2.43. The van der Waals surface area contributed by atoms with E-state index in [1.54, 1.807) is 23.2 Å². The average Bonchev–Trinajstić information content (AvgIpc) is 2.90. The van der Waals surface area contributed by atoms with Crippen molar-refractivity contribution in [1.29, 1.82) is 0 Å². The van der Waals surface area contributed by atoms with Crippen molar-refractivity contribution in [3.8, 4) is 11.1 Å². The van der Waals surface area contributed by atoms with Crippen LogP contribution in [-0.4, -0.2) is 9.52 Å². The van der Waals surface area contributed by atoms with Gasteiger partial charge in [0.05, 0.1) is 0 Å². The molecule has 1 heteroatoms. The Balaban J connectivity index is 1.37. The van der Waals surface area contributed by atoms with Gasteiger partial charge >= 0.3 is 0 Å². The molecule has 0 atom stereocenters. The smallest absolute Gasteiger partial charge is 0.0198 e. The molecule has 1 aliphatic heterocycles. The van der Waals surface area contributed by atoms with Crippen LogP contribution in [0.25, 0.3) is 11.1 Å². The topological polar surface area (TPSA) is 0 Å². The molecule has 0 N–H and O–H groups in total. The van der Waals surface area contributed by atoms with E-state index in [1.807, 2.05) is 0 Å². The van der Waals surface area contributed by atoms with Crippen molar-refractivity contribution in [2.45, 2.75) is 127 Å². The molecule has 0 spiro atoms. The van der Waals surface area contributed by atoms with Gasteiger partial charge in [0.2, 0.25) is 0 Å². The third-order valence-electron chi connectivity index (χ3n) is 9.34. The monoisotopic (exact) mass is 474 g/mol. The minimum Gasteiger partial charge on any atom is -0.0654 e. The van der Waals surface area contributed by atoms with Crippen LogP contribution < -0.4 is 0 Å². The van der Waals surface area contributed by atoms with Gasteiger partial charge in [0.15, 0.2) is 0 Å². The Morgan fingerprint density at radius 2 is 1.29 bits per heavy atom. The van der Waals surface area contributed by atoms with E-state index in [0.29, 0.717) is 5.41 Å². The van der Waals surface area contributed by atoms with Gasteiger partial charge in [0.1, 0.15) is 0 Å². The van der Waals surface area contributed by atoms with Crippen molar-refractivity contribution in [2.24, 2.45) is 5.92 Å². The molecule has 2 aromatic rings. The highest BCUT2D eigenvalue weighted by atomic mass is 28.2. The Hall–Kier alpha value is -1.34. The van der Waals surface area contributed by atoms with Gasteiger partial charge in [-0.05, 0) is 84.5 Å². The highest BCUT2D eigenvalue weighted by Gasteiger charge is 2.33. The fourth-order valence-electron chi connectivity index (χ4n) is 7.06. The quantitative estimate of drug-likeness (QED) is 0.224. The fourth-order valence-corrected chi connectivity index (χ4v) is 9.26. The van der Waals surface area contributed by atoms with Gasteiger partial charge < -0.3 is 0 Å². The van der Waals surface area contributed by atoms with Gasteiger partial charge in [-0.2, -0.15) is 0 Å². The number of hydrogen-bond donors (Lipinski definition) is 0. The molecule has 2 aliphatic rings. The minimum atomic E-state index is 0.236. The molecule has 0 nitrogen and oxygen atoms in total. The maximum absolute atomic E-state index is 2.49. The molecule has 2 fully saturated rings. The largest absolute Gasteiger partial charge is 0.0654 e. The van der Waals surface area contributed by atoms with Crippen LogP contribution in [0.15, 0.2) is 48.5 Å². The molecule has 4 rings (SSSR count). The Bertz CT molecular complexity index is 820. The first kappa shape index (κ1) is 25.7. The first-order chi connectivity index (χ1) is 16.7. The number of unbranched alkanes of at least 4 members (excludes halogenated alkanes) is 4. The van der Waals surface area contributed by atoms with Gasteiger partial charge in [-0.3, -0.25) is 0 Å². The van der Waals surface area contributed by atoms with Crippen molar-refractivity contribution in [1.82, 2.24) is 0 Å². The van der Waals surface area contributed by atoms with E-state index >= 15 is 0 Å². The summed E-state index contributed by atoms with van der Waals surface area (Å²) < 4.78 is 0. The lowest BCUT2D eigenvalue weighted by Crippen LogP contribution is -2.30. The number of hydrogen-bond acceptors (Lipinski definition) is 0. The van der Waals surface area contributed by atoms with E-state index in [0.717, 1.165) is 11.8 Å². The number of rotatable bonds is 11. The van der Waals surface area contributed by atoms with Crippen LogP contribution in [0.4, 0.5) is 0 Å². The van der Waals surface area contributed by atoms with Crippen LogP contribution in [0.1, 0.15) is 121 Å². The molecule has 0 amide bonds. The molecule has 0 aromatic heterocycles. The summed E-state index contributed by atoms with van der Waals surface area (Å²) in [6, 6.07) is 22.6. The summed E-state index contributed by atoms with van der Waals surface area (Å²) in [7, 11) is 0.236. The molecule has 1 saturated heterocycles. The van der Waals surface area contributed by atoms with E-state index in [4.69, 9.17) is 0 Å². The molecule has 1 aliphatic carbocycles. The third kappa shape index (κ3) is 6.65. The second-order valence-corrected chi connectivity index (χ2v) is 13.8. The zero-order chi connectivity index (χ0) is 23.6. The second kappa shape index (κ2) is 13.1. The normalized spacial score (nSPS) is 26.1. The Kier molecular flexibility index (Phi) is 9.92. The van der Waals surface area contributed by atoms with E-state index in [2.05, 4.69) is 62.4 Å². The predicted molar refractivity (Wildman–Crippen MR) is 154 cm³/mol. The molecule has 1 saturated carbocycles. The lowest BCUT2D eigenvalue weighted by atomic mass is 9.71. The summed E-state index contributed by atoms with van der Waals surface area (Å²) in [5.41, 5.74) is 6.48. The summed E-state index contributed by atoms with van der Waals surface area (Å²) >= 11 is 0. The van der Waals surface area contributed by atoms with E-state index in [9.17, 15) is 0 Å². The van der Waals surface area contributed by atoms with Crippen LogP contribution in [0.2, 0.25) is 12.1 Å². The first-order valence-corrected chi connectivity index (χ1v) is 16.9. The van der Waals surface area contributed by atoms with Crippen molar-refractivity contribution in [2.75, 3.05) is 0 Å². The van der Waals surface area contributed by atoms with Crippen LogP contribution in [-0.2, 0) is 5.41 Å². The molecule has 0 radical (unpaired) electrons. The summed E-state index contributed by atoms with van der Waals surface area (Å²) in [4.78, 5) is 0. The standard InChI is InChI=1S/C33H50Si/c1-3-5-7-9-27-10-12-28(13-11-27)29-14-16-30(17-15-29)31-18-20-32(21-19-31)33(22-8-6-4-2)23-25-34-26-24-33/h14-21,27-28H,3-13,22-26,34H2,1-2H3/t27-,28-. The average molecular weight is 475 g/mol. The molecule has 1 heterocycles.